The summed E-state index contributed by atoms with van der Waals surface area (Å²) in [7, 11) is -5.57. The van der Waals surface area contributed by atoms with Gasteiger partial charge in [0.15, 0.2) is 11.6 Å². The number of H-pyrrole nitrogens is 1. The molecule has 6 rings (SSSR count). The molecule has 0 spiro atoms. The summed E-state index contributed by atoms with van der Waals surface area (Å²) in [5.41, 5.74) is -0.290. The zero-order valence-corrected chi connectivity index (χ0v) is 20.3. The summed E-state index contributed by atoms with van der Waals surface area (Å²) >= 11 is 6.11. The fourth-order valence-corrected chi connectivity index (χ4v) is 4.92. The molecule has 0 radical (unpaired) electrons. The second-order valence-electron chi connectivity index (χ2n) is 8.42. The fraction of sp³-hybridized carbons (Fsp3) is 0.280. The Hall–Kier alpha value is -3.41. The normalized spacial score (nSPS) is 25.0. The van der Waals surface area contributed by atoms with Gasteiger partial charge in [-0.3, -0.25) is 9.52 Å². The Morgan fingerprint density at radius 2 is 1.78 bits per heavy atom. The Morgan fingerprint density at radius 3 is 2.49 bits per heavy atom. The van der Waals surface area contributed by atoms with E-state index in [0.29, 0.717) is 17.0 Å². The van der Waals surface area contributed by atoms with E-state index in [1.54, 1.807) is 23.2 Å². The molecule has 9 nitrogen and oxygen atoms in total. The summed E-state index contributed by atoms with van der Waals surface area (Å²) in [6, 6.07) is 3.30. The molecule has 1 saturated carbocycles. The quantitative estimate of drug-likeness (QED) is 0.324. The van der Waals surface area contributed by atoms with Crippen LogP contribution in [0.15, 0.2) is 43.0 Å². The standard InChI is InChI=1S/C25H22ClFN6O3S/c26-17-8-19(22(27)21(9-17)32-37(35,36)33-5-1-2-6-33)23(34)20-13-31-25-18(20)7-15(10-30-25)16-11-28-24(29-12-16)14-3-4-14/h7-14,32H,1-6H2,(H,30,31)/i1D2,2D2,5D2,6D2. The number of aromatic amines is 1. The number of nitrogens with one attached hydrogen (secondary N) is 2. The topological polar surface area (TPSA) is 121 Å². The molecule has 37 heavy (non-hydrogen) atoms. The van der Waals surface area contributed by atoms with Crippen molar-refractivity contribution >= 4 is 44.3 Å². The van der Waals surface area contributed by atoms with Crippen LogP contribution in [0.2, 0.25) is 5.02 Å². The molecule has 0 amide bonds. The van der Waals surface area contributed by atoms with E-state index in [1.807, 2.05) is 0 Å². The van der Waals surface area contributed by atoms with Crippen molar-refractivity contribution in [1.82, 2.24) is 24.2 Å². The first kappa shape index (κ1) is 16.4. The maximum absolute atomic E-state index is 15.9. The molecule has 0 atom stereocenters. The molecule has 2 fully saturated rings. The van der Waals surface area contributed by atoms with Crippen LogP contribution in [0.5, 0.6) is 0 Å². The molecular formula is C25H22ClFN6O3S. The number of hydrogen-bond acceptors (Lipinski definition) is 6. The third kappa shape index (κ3) is 4.58. The van der Waals surface area contributed by atoms with Gasteiger partial charge in [0.2, 0.25) is 0 Å². The van der Waals surface area contributed by atoms with E-state index in [1.165, 1.54) is 12.4 Å². The van der Waals surface area contributed by atoms with Gasteiger partial charge >= 0.3 is 10.2 Å². The maximum atomic E-state index is 15.9. The zero-order valence-electron chi connectivity index (χ0n) is 26.7. The molecule has 4 heterocycles. The Bertz CT molecular complexity index is 1960. The lowest BCUT2D eigenvalue weighted by Crippen LogP contribution is -2.33. The number of rotatable bonds is 7. The van der Waals surface area contributed by atoms with Crippen molar-refractivity contribution in [3.8, 4) is 11.1 Å². The number of carbonyl (C=O) groups excluding carboxylic acids is 1. The van der Waals surface area contributed by atoms with Gasteiger partial charge in [-0.2, -0.15) is 12.7 Å². The Balaban J connectivity index is 1.36. The molecule has 190 valence electrons. The number of carbonyl (C=O) groups is 1. The van der Waals surface area contributed by atoms with Gasteiger partial charge in [0.05, 0.1) is 11.3 Å². The number of fused-ring (bicyclic) bond motifs is 1. The highest BCUT2D eigenvalue weighted by Crippen LogP contribution is 2.38. The molecule has 1 saturated heterocycles. The first-order valence-electron chi connectivity index (χ1n) is 15.0. The number of halogens is 2. The number of pyridine rings is 1. The molecule has 4 aromatic rings. The minimum atomic E-state index is -5.57. The highest BCUT2D eigenvalue weighted by atomic mass is 35.5. The summed E-state index contributed by atoms with van der Waals surface area (Å²) in [4.78, 5) is 29.5. The molecule has 1 aliphatic carbocycles. The van der Waals surface area contributed by atoms with Crippen molar-refractivity contribution in [2.75, 3.05) is 17.7 Å². The van der Waals surface area contributed by atoms with E-state index >= 15 is 4.39 Å². The van der Waals surface area contributed by atoms with Gasteiger partial charge in [-0.25, -0.2) is 19.3 Å². The number of ketones is 1. The van der Waals surface area contributed by atoms with Gasteiger partial charge in [0.1, 0.15) is 11.5 Å². The van der Waals surface area contributed by atoms with Crippen LogP contribution in [0, 0.1) is 5.82 Å². The first-order valence-corrected chi connectivity index (χ1v) is 12.8. The maximum Gasteiger partial charge on any atom is 0.301 e. The molecule has 2 aliphatic rings. The predicted molar refractivity (Wildman–Crippen MR) is 137 cm³/mol. The summed E-state index contributed by atoms with van der Waals surface area (Å²) in [5.74, 6) is -1.31. The highest BCUT2D eigenvalue weighted by molar-refractivity contribution is 7.90. The van der Waals surface area contributed by atoms with Crippen LogP contribution in [-0.4, -0.2) is 51.4 Å². The SMILES string of the molecule is [2H]C1([2H])N(S(=O)(=O)Nc2cc(Cl)cc(C(=O)c3c[nH]c4ncc(-c5cnc(C6CC6)nc5)cc34)c2F)C([2H])([2H])C([2H])([2H])C1([2H])[2H]. The van der Waals surface area contributed by atoms with Crippen molar-refractivity contribution in [3.05, 3.63) is 70.8 Å². The Morgan fingerprint density at radius 1 is 1.08 bits per heavy atom. The lowest BCUT2D eigenvalue weighted by molar-refractivity contribution is 0.103. The summed E-state index contributed by atoms with van der Waals surface area (Å²) in [6.07, 6.45) is 0.806. The Labute approximate surface area is 228 Å². The van der Waals surface area contributed by atoms with Crippen LogP contribution in [0.1, 0.15) is 64.2 Å². The van der Waals surface area contributed by atoms with E-state index in [0.717, 1.165) is 30.8 Å². The third-order valence-electron chi connectivity index (χ3n) is 5.86. The van der Waals surface area contributed by atoms with E-state index < -0.39 is 63.1 Å². The van der Waals surface area contributed by atoms with Crippen molar-refractivity contribution in [3.63, 3.8) is 0 Å². The van der Waals surface area contributed by atoms with Crippen molar-refractivity contribution < 1.29 is 28.6 Å². The summed E-state index contributed by atoms with van der Waals surface area (Å²) in [6.45, 7) is -7.53. The zero-order chi connectivity index (χ0) is 32.9. The second kappa shape index (κ2) is 9.16. The minimum absolute atomic E-state index is 0.0570. The molecule has 2 N–H and O–H groups in total. The number of nitrogens with zero attached hydrogens (tertiary/aromatic N) is 4. The van der Waals surface area contributed by atoms with Crippen molar-refractivity contribution in [2.45, 2.75) is 31.5 Å². The van der Waals surface area contributed by atoms with E-state index in [-0.39, 0.29) is 21.6 Å². The van der Waals surface area contributed by atoms with E-state index in [2.05, 4.69) is 19.9 Å². The molecule has 0 bridgehead atoms. The van der Waals surface area contributed by atoms with Gasteiger partial charge < -0.3 is 4.98 Å². The monoisotopic (exact) mass is 548 g/mol. The molecule has 0 unspecified atom stereocenters. The van der Waals surface area contributed by atoms with Crippen LogP contribution in [0.25, 0.3) is 22.2 Å². The van der Waals surface area contributed by atoms with Gasteiger partial charge in [-0.05, 0) is 43.8 Å². The van der Waals surface area contributed by atoms with Crippen LogP contribution in [0.3, 0.4) is 0 Å². The molecule has 1 aromatic carbocycles. The van der Waals surface area contributed by atoms with Gasteiger partial charge in [-0.1, -0.05) is 11.6 Å². The lowest BCUT2D eigenvalue weighted by atomic mass is 10.0. The number of aromatic nitrogens is 4. The number of hydrogen-bond donors (Lipinski definition) is 2. The van der Waals surface area contributed by atoms with Gasteiger partial charge in [-0.15, -0.1) is 0 Å². The fourth-order valence-electron chi connectivity index (χ4n) is 3.85. The van der Waals surface area contributed by atoms with Crippen LogP contribution >= 0.6 is 11.6 Å². The second-order valence-corrected chi connectivity index (χ2v) is 10.4. The van der Waals surface area contributed by atoms with Crippen LogP contribution in [-0.2, 0) is 10.2 Å². The average Bonchev–Trinajstić information content (AvgIpc) is 3.70. The number of benzene rings is 1. The first-order chi connectivity index (χ1) is 20.8. The smallest absolute Gasteiger partial charge is 0.301 e. The predicted octanol–water partition coefficient (Wildman–Crippen LogP) is 4.67. The van der Waals surface area contributed by atoms with Crippen molar-refractivity contribution in [1.29, 1.82) is 0 Å². The lowest BCUT2D eigenvalue weighted by Gasteiger charge is -2.18. The molecular weight excluding hydrogens is 519 g/mol. The molecule has 3 aromatic heterocycles. The third-order valence-corrected chi connectivity index (χ3v) is 7.22. The van der Waals surface area contributed by atoms with E-state index in [9.17, 15) is 13.2 Å². The molecule has 1 aliphatic heterocycles. The van der Waals surface area contributed by atoms with E-state index in [4.69, 9.17) is 22.6 Å². The van der Waals surface area contributed by atoms with Gasteiger partial charge in [0, 0.05) is 81.8 Å². The largest absolute Gasteiger partial charge is 0.345 e. The van der Waals surface area contributed by atoms with Crippen LogP contribution in [0.4, 0.5) is 10.1 Å². The van der Waals surface area contributed by atoms with Crippen molar-refractivity contribution in [2.24, 2.45) is 0 Å². The van der Waals surface area contributed by atoms with Gasteiger partial charge in [0.25, 0.3) is 0 Å². The minimum Gasteiger partial charge on any atom is -0.345 e. The molecule has 12 heteroatoms. The average molecular weight is 549 g/mol. The van der Waals surface area contributed by atoms with Crippen LogP contribution < -0.4 is 4.72 Å². The highest BCUT2D eigenvalue weighted by Gasteiger charge is 2.29. The summed E-state index contributed by atoms with van der Waals surface area (Å²) < 4.78 is 107. The Kier molecular flexibility index (Phi) is 4.07. The number of anilines is 1. The summed E-state index contributed by atoms with van der Waals surface area (Å²) in [5, 5.41) is -0.0460.